The van der Waals surface area contributed by atoms with Crippen molar-refractivity contribution in [2.24, 2.45) is 0 Å². The van der Waals surface area contributed by atoms with Gasteiger partial charge < -0.3 is 10.1 Å². The van der Waals surface area contributed by atoms with Gasteiger partial charge in [0.1, 0.15) is 11.5 Å². The number of hydrogen-bond acceptors (Lipinski definition) is 5. The van der Waals surface area contributed by atoms with E-state index in [1.54, 1.807) is 48.5 Å². The summed E-state index contributed by atoms with van der Waals surface area (Å²) < 4.78 is 34.2. The lowest BCUT2D eigenvalue weighted by Gasteiger charge is -2.31. The summed E-state index contributed by atoms with van der Waals surface area (Å²) in [6, 6.07) is 32.5. The molecule has 1 aliphatic rings. The Labute approximate surface area is 204 Å². The molecule has 0 saturated carbocycles. The monoisotopic (exact) mass is 482 g/mol. The maximum Gasteiger partial charge on any atom is 0.270 e. The van der Waals surface area contributed by atoms with E-state index in [0.717, 1.165) is 5.56 Å². The van der Waals surface area contributed by atoms with E-state index in [2.05, 4.69) is 5.32 Å². The maximum atomic E-state index is 13.5. The van der Waals surface area contributed by atoms with E-state index in [0.29, 0.717) is 28.4 Å². The molecule has 0 radical (unpaired) electrons. The van der Waals surface area contributed by atoms with E-state index in [4.69, 9.17) is 4.74 Å². The molecule has 4 aromatic carbocycles. The Bertz CT molecular complexity index is 1480. The summed E-state index contributed by atoms with van der Waals surface area (Å²) >= 11 is 0. The van der Waals surface area contributed by atoms with Crippen molar-refractivity contribution in [2.45, 2.75) is 6.54 Å². The summed E-state index contributed by atoms with van der Waals surface area (Å²) in [7, 11) is -4.09. The Hall–Kier alpha value is -4.36. The van der Waals surface area contributed by atoms with E-state index < -0.39 is 15.8 Å². The van der Waals surface area contributed by atoms with Crippen LogP contribution in [0.15, 0.2) is 120 Å². The molecule has 174 valence electrons. The Morgan fingerprint density at radius 1 is 0.743 bits per heavy atom. The predicted molar refractivity (Wildman–Crippen MR) is 137 cm³/mol. The molecule has 0 aromatic heterocycles. The summed E-state index contributed by atoms with van der Waals surface area (Å²) in [5.74, 6) is 0.812. The molecule has 1 aliphatic heterocycles. The highest BCUT2D eigenvalue weighted by molar-refractivity contribution is 7.97. The highest BCUT2D eigenvalue weighted by Crippen LogP contribution is 2.36. The van der Waals surface area contributed by atoms with Crippen LogP contribution in [0.5, 0.6) is 11.5 Å². The Balaban J connectivity index is 1.42. The third kappa shape index (κ3) is 4.67. The molecule has 1 N–H and O–H groups in total. The van der Waals surface area contributed by atoms with Crippen LogP contribution < -0.4 is 14.4 Å². The minimum Gasteiger partial charge on any atom is -0.457 e. The lowest BCUT2D eigenvalue weighted by molar-refractivity contribution is 0.104. The fourth-order valence-corrected chi connectivity index (χ4v) is 5.36. The summed E-state index contributed by atoms with van der Waals surface area (Å²) in [6.07, 6.45) is 1.26. The van der Waals surface area contributed by atoms with Gasteiger partial charge in [-0.15, -0.1) is 0 Å². The lowest BCUT2D eigenvalue weighted by atomic mass is 10.1. The van der Waals surface area contributed by atoms with Crippen LogP contribution in [-0.4, -0.2) is 14.2 Å². The molecule has 0 amide bonds. The van der Waals surface area contributed by atoms with Gasteiger partial charge in [0.2, 0.25) is 5.78 Å². The quantitative estimate of drug-likeness (QED) is 0.343. The summed E-state index contributed by atoms with van der Waals surface area (Å²) in [4.78, 5) is 12.9. The Kier molecular flexibility index (Phi) is 6.08. The molecule has 0 unspecified atom stereocenters. The number of carbonyl (C=O) groups is 1. The number of allylic oxidation sites excluding steroid dienone is 1. The van der Waals surface area contributed by atoms with Gasteiger partial charge in [0.25, 0.3) is 10.0 Å². The van der Waals surface area contributed by atoms with Gasteiger partial charge in [0.05, 0.1) is 12.2 Å². The molecule has 35 heavy (non-hydrogen) atoms. The van der Waals surface area contributed by atoms with Crippen LogP contribution in [-0.2, 0) is 16.6 Å². The van der Waals surface area contributed by atoms with Crippen molar-refractivity contribution in [3.05, 3.63) is 131 Å². The van der Waals surface area contributed by atoms with Gasteiger partial charge >= 0.3 is 0 Å². The number of hydrogen-bond donors (Lipinski definition) is 1. The van der Waals surface area contributed by atoms with Crippen molar-refractivity contribution in [3.63, 3.8) is 0 Å². The van der Waals surface area contributed by atoms with Gasteiger partial charge in [-0.3, -0.25) is 9.10 Å². The van der Waals surface area contributed by atoms with E-state index in [-0.39, 0.29) is 11.4 Å². The van der Waals surface area contributed by atoms with Crippen molar-refractivity contribution in [1.82, 2.24) is 0 Å². The fraction of sp³-hybridized carbons (Fsp3) is 0.0357. The van der Waals surface area contributed by atoms with Crippen LogP contribution in [0, 0.1) is 0 Å². The summed E-state index contributed by atoms with van der Waals surface area (Å²) in [5.41, 5.74) is 2.16. The van der Waals surface area contributed by atoms with Gasteiger partial charge in [0, 0.05) is 17.5 Å². The fourth-order valence-electron chi connectivity index (χ4n) is 3.83. The van der Waals surface area contributed by atoms with E-state index in [1.807, 2.05) is 60.7 Å². The molecule has 0 saturated heterocycles. The zero-order valence-corrected chi connectivity index (χ0v) is 19.5. The molecule has 1 heterocycles. The molecule has 0 aliphatic carbocycles. The van der Waals surface area contributed by atoms with Crippen molar-refractivity contribution >= 4 is 27.2 Å². The van der Waals surface area contributed by atoms with Gasteiger partial charge in [-0.1, -0.05) is 60.7 Å². The second kappa shape index (κ2) is 9.48. The molecule has 5 rings (SSSR count). The number of ether oxygens (including phenoxy) is 1. The minimum absolute atomic E-state index is 0.121. The summed E-state index contributed by atoms with van der Waals surface area (Å²) in [6.45, 7) is 0.121. The second-order valence-corrected chi connectivity index (χ2v) is 9.77. The van der Waals surface area contributed by atoms with Gasteiger partial charge in [0.15, 0.2) is 4.91 Å². The molecule has 0 bridgehead atoms. The van der Waals surface area contributed by atoms with Crippen molar-refractivity contribution in [1.29, 1.82) is 0 Å². The number of para-hydroxylation sites is 2. The summed E-state index contributed by atoms with van der Waals surface area (Å²) in [5, 5.41) is 2.96. The van der Waals surface area contributed by atoms with Crippen molar-refractivity contribution in [2.75, 3.05) is 9.62 Å². The number of fused-ring (bicyclic) bond motifs is 1. The second-order valence-electron chi connectivity index (χ2n) is 7.94. The highest BCUT2D eigenvalue weighted by atomic mass is 32.2. The third-order valence-corrected chi connectivity index (χ3v) is 7.35. The number of Topliss-reactive ketones (excluding diaryl/α,β-unsaturated/α-hetero) is 1. The smallest absolute Gasteiger partial charge is 0.270 e. The average Bonchev–Trinajstić information content (AvgIpc) is 2.89. The Morgan fingerprint density at radius 2 is 1.34 bits per heavy atom. The van der Waals surface area contributed by atoms with Gasteiger partial charge in [-0.05, 0) is 54.1 Å². The number of ketones is 1. The number of nitrogens with one attached hydrogen (secondary N) is 1. The molecule has 0 atom stereocenters. The molecular weight excluding hydrogens is 460 g/mol. The first-order valence-electron chi connectivity index (χ1n) is 11.0. The Morgan fingerprint density at radius 3 is 2.06 bits per heavy atom. The van der Waals surface area contributed by atoms with Gasteiger partial charge in [-0.2, -0.15) is 0 Å². The predicted octanol–water partition coefficient (Wildman–Crippen LogP) is 5.97. The number of nitrogens with zero attached hydrogens (tertiary/aromatic N) is 1. The largest absolute Gasteiger partial charge is 0.457 e. The average molecular weight is 483 g/mol. The van der Waals surface area contributed by atoms with E-state index in [1.165, 1.54) is 10.5 Å². The molecule has 0 spiro atoms. The first-order chi connectivity index (χ1) is 17.0. The molecule has 7 heteroatoms. The lowest BCUT2D eigenvalue weighted by Crippen LogP contribution is -2.39. The topological polar surface area (TPSA) is 75.7 Å². The number of rotatable bonds is 6. The normalized spacial score (nSPS) is 15.5. The maximum absolute atomic E-state index is 13.5. The first-order valence-corrected chi connectivity index (χ1v) is 12.5. The standard InChI is InChI=1S/C28H22N2O4S/c31-28-25-13-7-8-14-26(25)30(20-21-9-3-1-4-10-21)35(32,33)27(28)19-29-22-15-17-24(18-16-22)34-23-11-5-2-6-12-23/h1-19,29H,20H2. The highest BCUT2D eigenvalue weighted by Gasteiger charge is 2.40. The molecule has 4 aromatic rings. The third-order valence-electron chi connectivity index (χ3n) is 5.58. The number of sulfonamides is 1. The van der Waals surface area contributed by atoms with Crippen LogP contribution >= 0.6 is 0 Å². The number of carbonyl (C=O) groups excluding carboxylic acids is 1. The zero-order chi connectivity index (χ0) is 24.3. The minimum atomic E-state index is -4.09. The molecule has 0 fully saturated rings. The number of anilines is 2. The zero-order valence-electron chi connectivity index (χ0n) is 18.7. The van der Waals surface area contributed by atoms with Crippen LogP contribution in [0.2, 0.25) is 0 Å². The van der Waals surface area contributed by atoms with Crippen molar-refractivity contribution in [3.8, 4) is 11.5 Å². The SMILES string of the molecule is O=C1C(=CNc2ccc(Oc3ccccc3)cc2)S(=O)(=O)N(Cc2ccccc2)c2ccccc21. The van der Waals surface area contributed by atoms with Crippen LogP contribution in [0.1, 0.15) is 15.9 Å². The van der Waals surface area contributed by atoms with Crippen LogP contribution in [0.3, 0.4) is 0 Å². The van der Waals surface area contributed by atoms with Gasteiger partial charge in [-0.25, -0.2) is 8.42 Å². The van der Waals surface area contributed by atoms with Crippen LogP contribution in [0.25, 0.3) is 0 Å². The van der Waals surface area contributed by atoms with E-state index in [9.17, 15) is 13.2 Å². The van der Waals surface area contributed by atoms with Crippen LogP contribution in [0.4, 0.5) is 11.4 Å². The molecular formula is C28H22N2O4S. The van der Waals surface area contributed by atoms with E-state index >= 15 is 0 Å². The van der Waals surface area contributed by atoms with Crippen molar-refractivity contribution < 1.29 is 17.9 Å². The first kappa shape index (κ1) is 22.4. The number of benzene rings is 4. The molecule has 6 nitrogen and oxygen atoms in total.